The van der Waals surface area contributed by atoms with Crippen molar-refractivity contribution in [2.45, 2.75) is 64.2 Å². The molecule has 4 bridgehead atoms. The Morgan fingerprint density at radius 2 is 1.00 bits per heavy atom. The lowest BCUT2D eigenvalue weighted by Crippen LogP contribution is -2.44. The van der Waals surface area contributed by atoms with Gasteiger partial charge in [-0.25, -0.2) is 0 Å². The topological polar surface area (TPSA) is 149 Å². The van der Waals surface area contributed by atoms with Crippen LogP contribution in [0.3, 0.4) is 0 Å². The third kappa shape index (κ3) is 7.53. The number of nitrogens with zero attached hydrogens (tertiary/aromatic N) is 4. The minimum Gasteiger partial charge on any atom is -0.396 e. The molecule has 12 nitrogen and oxygen atoms in total. The lowest BCUT2D eigenvalue weighted by atomic mass is 9.86. The van der Waals surface area contributed by atoms with Crippen molar-refractivity contribution >= 4 is 24.0 Å². The Kier molecular flexibility index (Phi) is 12.4. The summed E-state index contributed by atoms with van der Waals surface area (Å²) in [6.45, 7) is 5.47. The summed E-state index contributed by atoms with van der Waals surface area (Å²) in [5, 5.41) is 26.3. The molecule has 8 atom stereocenters. The summed E-state index contributed by atoms with van der Waals surface area (Å²) in [5.41, 5.74) is 4.97. The molecule has 8 rings (SSSR count). The Hall–Kier alpha value is -5.40. The molecule has 2 saturated heterocycles. The van der Waals surface area contributed by atoms with Gasteiger partial charge in [-0.3, -0.25) is 29.0 Å². The zero-order valence-corrected chi connectivity index (χ0v) is 33.6. The average Bonchev–Trinajstić information content (AvgIpc) is 3.53. The Morgan fingerprint density at radius 3 is 1.34 bits per heavy atom. The van der Waals surface area contributed by atoms with E-state index < -0.39 is 11.8 Å². The smallest absolute Gasteiger partial charge is 0.258 e. The number of hydrogen-bond donors (Lipinski definition) is 4. The number of aliphatic hydroxyl groups is 2. The van der Waals surface area contributed by atoms with Gasteiger partial charge in [0.25, 0.3) is 11.1 Å². The van der Waals surface area contributed by atoms with Crippen LogP contribution in [0, 0.1) is 23.7 Å². The highest BCUT2D eigenvalue weighted by molar-refractivity contribution is 5.81. The maximum absolute atomic E-state index is 13.2. The highest BCUT2D eigenvalue weighted by Crippen LogP contribution is 2.48. The number of rotatable bonds is 10. The summed E-state index contributed by atoms with van der Waals surface area (Å²) in [4.78, 5) is 56.6. The second-order valence-corrected chi connectivity index (χ2v) is 15.8. The van der Waals surface area contributed by atoms with Crippen molar-refractivity contribution in [1.82, 2.24) is 29.6 Å². The number of allylic oxidation sites excluding steroid dienone is 2. The number of benzene rings is 2. The van der Waals surface area contributed by atoms with Crippen molar-refractivity contribution in [3.8, 4) is 0 Å². The second kappa shape index (κ2) is 17.6. The van der Waals surface area contributed by atoms with E-state index in [4.69, 9.17) is 0 Å². The fraction of sp³-hybridized carbons (Fsp3) is 0.391. The quantitative estimate of drug-likeness (QED) is 0.191. The molecule has 2 aromatic carbocycles. The first-order chi connectivity index (χ1) is 28.1. The summed E-state index contributed by atoms with van der Waals surface area (Å²) in [6, 6.07) is 26.5. The number of pyridine rings is 2. The summed E-state index contributed by atoms with van der Waals surface area (Å²) in [6.07, 6.45) is 7.32. The number of carbonyl (C=O) groups is 2. The summed E-state index contributed by atoms with van der Waals surface area (Å²) in [5.74, 6) is -1.40. The maximum atomic E-state index is 13.2. The monoisotopic (exact) mass is 786 g/mol. The van der Waals surface area contributed by atoms with Gasteiger partial charge < -0.3 is 30.0 Å². The largest absolute Gasteiger partial charge is 0.396 e. The van der Waals surface area contributed by atoms with Gasteiger partial charge in [0, 0.05) is 85.8 Å². The molecule has 4 aliphatic rings. The number of nitrogens with one attached hydrogen (secondary N) is 2. The van der Waals surface area contributed by atoms with E-state index in [9.17, 15) is 29.4 Å². The number of fused-ring (bicyclic) bond motifs is 8. The summed E-state index contributed by atoms with van der Waals surface area (Å²) in [7, 11) is 3.96. The molecule has 0 aliphatic carbocycles. The van der Waals surface area contributed by atoms with Crippen LogP contribution in [0.25, 0.3) is 12.2 Å². The fourth-order valence-corrected chi connectivity index (χ4v) is 9.83. The Labute approximate surface area is 339 Å². The SMILES string of the molecule is C/C=C/c1ccc2n(c1=O)C[C@@H]1[C@@H](CO)[C@H](C(=O)NCc3ccccc3)[C@H]2N1C.C/C=C\c1ccc2n(c1=O)C[C@@H]1[C@@H](CO)[C@H](C(=O)NCc3ccccc3)[C@H]2N1C. The average molecular weight is 787 g/mol. The van der Waals surface area contributed by atoms with E-state index in [-0.39, 0.29) is 72.1 Å². The molecule has 12 heteroatoms. The maximum Gasteiger partial charge on any atom is 0.258 e. The summed E-state index contributed by atoms with van der Waals surface area (Å²) >= 11 is 0. The molecule has 6 heterocycles. The molecule has 4 aromatic rings. The van der Waals surface area contributed by atoms with E-state index in [0.717, 1.165) is 22.5 Å². The predicted molar refractivity (Wildman–Crippen MR) is 224 cm³/mol. The van der Waals surface area contributed by atoms with Crippen LogP contribution in [0.15, 0.2) is 107 Å². The van der Waals surface area contributed by atoms with Crippen LogP contribution in [0.2, 0.25) is 0 Å². The first-order valence-electron chi connectivity index (χ1n) is 20.1. The minimum absolute atomic E-state index is 0.0364. The van der Waals surface area contributed by atoms with Gasteiger partial charge in [0.1, 0.15) is 0 Å². The number of amides is 2. The molecule has 2 amide bonds. The van der Waals surface area contributed by atoms with Gasteiger partial charge in [-0.1, -0.05) is 85.0 Å². The molecular formula is C46H54N6O6. The number of likely N-dealkylation sites (N-methyl/N-ethyl adjacent to an activating group) is 2. The number of aliphatic hydroxyl groups excluding tert-OH is 2. The van der Waals surface area contributed by atoms with E-state index in [1.165, 1.54) is 0 Å². The van der Waals surface area contributed by atoms with E-state index in [1.807, 2.05) is 137 Å². The van der Waals surface area contributed by atoms with E-state index in [1.54, 1.807) is 9.13 Å². The van der Waals surface area contributed by atoms with Gasteiger partial charge in [0.2, 0.25) is 11.8 Å². The van der Waals surface area contributed by atoms with Crippen LogP contribution in [-0.4, -0.2) is 80.4 Å². The third-order valence-corrected chi connectivity index (χ3v) is 12.7. The fourth-order valence-electron chi connectivity index (χ4n) is 9.83. The van der Waals surface area contributed by atoms with Crippen LogP contribution in [0.1, 0.15) is 59.6 Å². The first-order valence-corrected chi connectivity index (χ1v) is 20.1. The zero-order valence-electron chi connectivity index (χ0n) is 33.6. The molecule has 0 saturated carbocycles. The molecule has 4 aliphatic heterocycles. The van der Waals surface area contributed by atoms with E-state index in [0.29, 0.717) is 37.3 Å². The van der Waals surface area contributed by atoms with Crippen molar-refractivity contribution in [2.75, 3.05) is 27.3 Å². The molecule has 0 unspecified atom stereocenters. The van der Waals surface area contributed by atoms with Crippen molar-refractivity contribution in [2.24, 2.45) is 23.7 Å². The van der Waals surface area contributed by atoms with Gasteiger partial charge in [0.05, 0.1) is 23.9 Å². The van der Waals surface area contributed by atoms with Crippen molar-refractivity contribution < 1.29 is 19.8 Å². The van der Waals surface area contributed by atoms with Gasteiger partial charge in [-0.15, -0.1) is 0 Å². The molecule has 0 radical (unpaired) electrons. The molecule has 2 fully saturated rings. The lowest BCUT2D eigenvalue weighted by molar-refractivity contribution is -0.128. The third-order valence-electron chi connectivity index (χ3n) is 12.7. The molecule has 0 spiro atoms. The molecule has 2 aromatic heterocycles. The lowest BCUT2D eigenvalue weighted by Gasteiger charge is -2.35. The van der Waals surface area contributed by atoms with Gasteiger partial charge in [-0.05, 0) is 63.3 Å². The molecule has 4 N–H and O–H groups in total. The van der Waals surface area contributed by atoms with Crippen LogP contribution in [0.5, 0.6) is 0 Å². The molecule has 304 valence electrons. The standard InChI is InChI=1S/2C23H27N3O3/c2*1-3-7-16-10-11-18-21-20(22(28)24-12-15-8-5-4-6-9-15)17(14-27)19(25(21)2)13-26(18)23(16)29/h2*3-11,17,19-21,27H,12-14H2,1-2H3,(H,24,28)/b7-3+;7-3-/t2*17-,19-,20+,21+/m11/s1. The number of hydrogen-bond acceptors (Lipinski definition) is 8. The molecule has 58 heavy (non-hydrogen) atoms. The number of carbonyl (C=O) groups excluding carboxylic acids is 2. The normalized spacial score (nSPS) is 25.9. The Bertz CT molecular complexity index is 2130. The van der Waals surface area contributed by atoms with Crippen molar-refractivity contribution in [1.29, 1.82) is 0 Å². The second-order valence-electron chi connectivity index (χ2n) is 15.8. The Morgan fingerprint density at radius 1 is 0.621 bits per heavy atom. The Balaban J connectivity index is 0.000000177. The number of aromatic nitrogens is 2. The van der Waals surface area contributed by atoms with Crippen molar-refractivity contribution in [3.05, 3.63) is 151 Å². The van der Waals surface area contributed by atoms with Crippen molar-refractivity contribution in [3.63, 3.8) is 0 Å². The van der Waals surface area contributed by atoms with Crippen LogP contribution < -0.4 is 21.8 Å². The zero-order chi connectivity index (χ0) is 41.1. The van der Waals surface area contributed by atoms with Crippen LogP contribution in [0.4, 0.5) is 0 Å². The van der Waals surface area contributed by atoms with E-state index in [2.05, 4.69) is 20.4 Å². The first kappa shape index (κ1) is 40.8. The summed E-state index contributed by atoms with van der Waals surface area (Å²) < 4.78 is 3.58. The predicted octanol–water partition coefficient (Wildman–Crippen LogP) is 3.58. The van der Waals surface area contributed by atoms with E-state index >= 15 is 0 Å². The molecular weight excluding hydrogens is 733 g/mol. The van der Waals surface area contributed by atoms with Gasteiger partial charge >= 0.3 is 0 Å². The van der Waals surface area contributed by atoms with Gasteiger partial charge in [0.15, 0.2) is 0 Å². The highest BCUT2D eigenvalue weighted by atomic mass is 16.3. The van der Waals surface area contributed by atoms with Crippen LogP contribution >= 0.6 is 0 Å². The van der Waals surface area contributed by atoms with Crippen LogP contribution in [-0.2, 0) is 35.8 Å². The highest BCUT2D eigenvalue weighted by Gasteiger charge is 2.55. The van der Waals surface area contributed by atoms with Gasteiger partial charge in [-0.2, -0.15) is 0 Å². The minimum atomic E-state index is -0.403.